The van der Waals surface area contributed by atoms with Crippen LogP contribution in [0, 0.1) is 0 Å². The smallest absolute Gasteiger partial charge is 0.319 e. The largest absolute Gasteiger partial charge is 0.465 e. The first-order chi connectivity index (χ1) is 13.2. The third-order valence-electron chi connectivity index (χ3n) is 4.36. The Morgan fingerprint density at radius 3 is 2.18 bits per heavy atom. The highest BCUT2D eigenvalue weighted by molar-refractivity contribution is 7.99. The van der Waals surface area contributed by atoms with Crippen molar-refractivity contribution in [3.8, 4) is 0 Å². The predicted octanol–water partition coefficient (Wildman–Crippen LogP) is 6.08. The van der Waals surface area contributed by atoms with Crippen LogP contribution in [-0.4, -0.2) is 23.6 Å². The molecule has 0 aliphatic rings. The van der Waals surface area contributed by atoms with Crippen molar-refractivity contribution in [3.05, 3.63) is 70.2 Å². The minimum absolute atomic E-state index is 0.0923. The number of carbonyl (C=O) groups excluding carboxylic acids is 2. The lowest BCUT2D eigenvalue weighted by Gasteiger charge is -2.19. The van der Waals surface area contributed by atoms with E-state index in [1.165, 1.54) is 17.3 Å². The number of thioether (sulfide) groups is 1. The van der Waals surface area contributed by atoms with Gasteiger partial charge < -0.3 is 4.74 Å². The molecule has 2 aromatic rings. The molecule has 2 rings (SSSR count). The van der Waals surface area contributed by atoms with Gasteiger partial charge in [0.2, 0.25) is 0 Å². The maximum Gasteiger partial charge on any atom is 0.319 e. The number of hydrogen-bond donors (Lipinski definition) is 0. The highest BCUT2D eigenvalue weighted by atomic mass is 35.5. The maximum atomic E-state index is 12.6. The molecule has 150 valence electrons. The van der Waals surface area contributed by atoms with Crippen LogP contribution in [0.25, 0.3) is 0 Å². The van der Waals surface area contributed by atoms with E-state index >= 15 is 0 Å². The third-order valence-corrected chi connectivity index (χ3v) is 5.87. The molecule has 0 heterocycles. The van der Waals surface area contributed by atoms with Gasteiger partial charge in [0.05, 0.1) is 6.61 Å². The van der Waals surface area contributed by atoms with Gasteiger partial charge in [-0.2, -0.15) is 0 Å². The Balaban J connectivity index is 2.05. The lowest BCUT2D eigenvalue weighted by Crippen LogP contribution is -2.24. The standard InChI is InChI=1S/C23H27ClO3S/c1-5-27-22(26)21(14-20(25)17-8-12-19(24)13-9-17)28-15-16-6-10-18(11-7-16)23(2,3)4/h6-13,21H,5,14-15H2,1-4H3/t21-/m0/s1. The van der Waals surface area contributed by atoms with Crippen molar-refractivity contribution in [2.75, 3.05) is 6.61 Å². The minimum Gasteiger partial charge on any atom is -0.465 e. The fraction of sp³-hybridized carbons (Fsp3) is 0.391. The second-order valence-corrected chi connectivity index (χ2v) is 9.26. The zero-order valence-electron chi connectivity index (χ0n) is 16.8. The average molecular weight is 419 g/mol. The second-order valence-electron chi connectivity index (χ2n) is 7.63. The van der Waals surface area contributed by atoms with E-state index in [0.717, 1.165) is 5.56 Å². The summed E-state index contributed by atoms with van der Waals surface area (Å²) in [6, 6.07) is 15.1. The highest BCUT2D eigenvalue weighted by Gasteiger charge is 2.24. The number of carbonyl (C=O) groups is 2. The van der Waals surface area contributed by atoms with Gasteiger partial charge in [0.15, 0.2) is 5.78 Å². The van der Waals surface area contributed by atoms with Crippen LogP contribution < -0.4 is 0 Å². The third kappa shape index (κ3) is 6.68. The van der Waals surface area contributed by atoms with E-state index in [2.05, 4.69) is 45.0 Å². The lowest BCUT2D eigenvalue weighted by atomic mass is 9.87. The van der Waals surface area contributed by atoms with Gasteiger partial charge in [0, 0.05) is 22.8 Å². The number of ketones is 1. The summed E-state index contributed by atoms with van der Waals surface area (Å²) in [6.07, 6.45) is 0.102. The van der Waals surface area contributed by atoms with Gasteiger partial charge in [-0.05, 0) is 47.7 Å². The van der Waals surface area contributed by atoms with E-state index in [1.807, 2.05) is 0 Å². The number of esters is 1. The molecular weight excluding hydrogens is 392 g/mol. The molecule has 0 saturated heterocycles. The Bertz CT molecular complexity index is 792. The van der Waals surface area contributed by atoms with Crippen LogP contribution in [-0.2, 0) is 20.7 Å². The maximum absolute atomic E-state index is 12.6. The zero-order chi connectivity index (χ0) is 20.7. The summed E-state index contributed by atoms with van der Waals surface area (Å²) in [5.74, 6) is 0.202. The predicted molar refractivity (Wildman–Crippen MR) is 117 cm³/mol. The first-order valence-corrected chi connectivity index (χ1v) is 10.8. The van der Waals surface area contributed by atoms with Crippen LogP contribution in [0.5, 0.6) is 0 Å². The molecule has 0 spiro atoms. The summed E-state index contributed by atoms with van der Waals surface area (Å²) >= 11 is 7.32. The van der Waals surface area contributed by atoms with E-state index in [1.54, 1.807) is 31.2 Å². The fourth-order valence-electron chi connectivity index (χ4n) is 2.67. The number of benzene rings is 2. The SMILES string of the molecule is CCOC(=O)[C@H](CC(=O)c1ccc(Cl)cc1)SCc1ccc(C(C)(C)C)cc1. The van der Waals surface area contributed by atoms with Crippen molar-refractivity contribution >= 4 is 35.1 Å². The van der Waals surface area contributed by atoms with Crippen LogP contribution >= 0.6 is 23.4 Å². The van der Waals surface area contributed by atoms with Crippen molar-refractivity contribution in [1.29, 1.82) is 0 Å². The van der Waals surface area contributed by atoms with Gasteiger partial charge in [0.25, 0.3) is 0 Å². The van der Waals surface area contributed by atoms with Crippen LogP contribution in [0.3, 0.4) is 0 Å². The summed E-state index contributed by atoms with van der Waals surface area (Å²) in [4.78, 5) is 24.9. The van der Waals surface area contributed by atoms with Gasteiger partial charge in [0.1, 0.15) is 5.25 Å². The van der Waals surface area contributed by atoms with E-state index < -0.39 is 5.25 Å². The molecule has 0 bridgehead atoms. The van der Waals surface area contributed by atoms with Crippen LogP contribution in [0.1, 0.15) is 55.6 Å². The van der Waals surface area contributed by atoms with Gasteiger partial charge in [-0.15, -0.1) is 11.8 Å². The molecule has 0 aromatic heterocycles. The first-order valence-electron chi connectivity index (χ1n) is 9.37. The summed E-state index contributed by atoms with van der Waals surface area (Å²) < 4.78 is 5.18. The number of Topliss-reactive ketones (excluding diaryl/α,β-unsaturated/α-hetero) is 1. The molecule has 5 heteroatoms. The average Bonchev–Trinajstić information content (AvgIpc) is 2.65. The molecule has 0 N–H and O–H groups in total. The quantitative estimate of drug-likeness (QED) is 0.385. The van der Waals surface area contributed by atoms with Crippen molar-refractivity contribution in [2.24, 2.45) is 0 Å². The Kier molecular flexibility index (Phi) is 8.14. The number of halogens is 1. The van der Waals surface area contributed by atoms with Crippen molar-refractivity contribution in [1.82, 2.24) is 0 Å². The molecule has 0 aliphatic heterocycles. The van der Waals surface area contributed by atoms with Crippen LogP contribution in [0.15, 0.2) is 48.5 Å². The fourth-order valence-corrected chi connectivity index (χ4v) is 3.85. The molecular formula is C23H27ClO3S. The Morgan fingerprint density at radius 2 is 1.64 bits per heavy atom. The molecule has 0 fully saturated rings. The molecule has 28 heavy (non-hydrogen) atoms. The summed E-state index contributed by atoms with van der Waals surface area (Å²) in [7, 11) is 0. The molecule has 0 saturated carbocycles. The topological polar surface area (TPSA) is 43.4 Å². The summed E-state index contributed by atoms with van der Waals surface area (Å²) in [6.45, 7) is 8.60. The first kappa shape index (κ1) is 22.5. The van der Waals surface area contributed by atoms with Crippen molar-refractivity contribution in [2.45, 2.75) is 50.5 Å². The molecule has 0 aliphatic carbocycles. The van der Waals surface area contributed by atoms with Gasteiger partial charge in [-0.3, -0.25) is 9.59 Å². The van der Waals surface area contributed by atoms with E-state index in [4.69, 9.17) is 16.3 Å². The normalized spacial score (nSPS) is 12.5. The Morgan fingerprint density at radius 1 is 1.04 bits per heavy atom. The lowest BCUT2D eigenvalue weighted by molar-refractivity contribution is -0.142. The Labute approximate surface area is 176 Å². The Hall–Kier alpha value is -1.78. The molecule has 2 aromatic carbocycles. The second kappa shape index (κ2) is 10.1. The molecule has 1 atom stereocenters. The van der Waals surface area contributed by atoms with Crippen molar-refractivity contribution in [3.63, 3.8) is 0 Å². The van der Waals surface area contributed by atoms with E-state index in [0.29, 0.717) is 22.9 Å². The van der Waals surface area contributed by atoms with Crippen LogP contribution in [0.4, 0.5) is 0 Å². The van der Waals surface area contributed by atoms with Gasteiger partial charge in [-0.1, -0.05) is 56.6 Å². The van der Waals surface area contributed by atoms with E-state index in [9.17, 15) is 9.59 Å². The summed E-state index contributed by atoms with van der Waals surface area (Å²) in [5, 5.41) is 0.0389. The monoisotopic (exact) mass is 418 g/mol. The zero-order valence-corrected chi connectivity index (χ0v) is 18.4. The molecule has 3 nitrogen and oxygen atoms in total. The molecule has 0 amide bonds. The number of rotatable bonds is 8. The highest BCUT2D eigenvalue weighted by Crippen LogP contribution is 2.26. The van der Waals surface area contributed by atoms with Crippen molar-refractivity contribution < 1.29 is 14.3 Å². The molecule has 0 radical (unpaired) electrons. The van der Waals surface area contributed by atoms with Gasteiger partial charge >= 0.3 is 5.97 Å². The van der Waals surface area contributed by atoms with Gasteiger partial charge in [-0.25, -0.2) is 0 Å². The molecule has 0 unspecified atom stereocenters. The number of ether oxygens (including phenoxy) is 1. The number of hydrogen-bond acceptors (Lipinski definition) is 4. The minimum atomic E-state index is -0.537. The van der Waals surface area contributed by atoms with E-state index in [-0.39, 0.29) is 23.6 Å². The van der Waals surface area contributed by atoms with Crippen LogP contribution in [0.2, 0.25) is 5.02 Å². The summed E-state index contributed by atoms with van der Waals surface area (Å²) in [5.41, 5.74) is 3.03.